The molecule has 1 heteroatoms. The zero-order valence-corrected chi connectivity index (χ0v) is 14.9. The van der Waals surface area contributed by atoms with Gasteiger partial charge >= 0.3 is 0 Å². The van der Waals surface area contributed by atoms with E-state index in [9.17, 15) is 0 Å². The number of ether oxygens (including phenoxy) is 1. The van der Waals surface area contributed by atoms with E-state index in [0.717, 1.165) is 30.3 Å². The Kier molecular flexibility index (Phi) is 8.98. The van der Waals surface area contributed by atoms with Crippen molar-refractivity contribution in [1.29, 1.82) is 0 Å². The van der Waals surface area contributed by atoms with Crippen molar-refractivity contribution in [1.82, 2.24) is 0 Å². The topological polar surface area (TPSA) is 9.23 Å². The van der Waals surface area contributed by atoms with Crippen LogP contribution >= 0.6 is 0 Å². The molecule has 0 aliphatic rings. The molecule has 0 heterocycles. The fourth-order valence-electron chi connectivity index (χ4n) is 3.17. The molecule has 0 amide bonds. The van der Waals surface area contributed by atoms with E-state index in [1.165, 1.54) is 6.42 Å². The van der Waals surface area contributed by atoms with Crippen molar-refractivity contribution in [3.05, 3.63) is 0 Å². The maximum atomic E-state index is 5.78. The SMILES string of the molecule is CCOC(C)C(C)C(C)C(C)C(C)C(C)C(C)CC. The van der Waals surface area contributed by atoms with Crippen LogP contribution in [0.15, 0.2) is 0 Å². The highest BCUT2D eigenvalue weighted by Gasteiger charge is 2.31. The average Bonchev–Trinajstić information content (AvgIpc) is 2.42. The zero-order chi connectivity index (χ0) is 15.2. The Labute approximate surface area is 122 Å². The van der Waals surface area contributed by atoms with E-state index in [1.807, 2.05) is 0 Å². The second kappa shape index (κ2) is 9.00. The summed E-state index contributed by atoms with van der Waals surface area (Å²) >= 11 is 0. The molecule has 7 atom stereocenters. The molecule has 0 rings (SSSR count). The standard InChI is InChI=1S/C18H38O/c1-10-12(3)13(4)14(5)15(6)16(7)17(8)18(9)19-11-2/h12-18H,10-11H2,1-9H3. The van der Waals surface area contributed by atoms with Gasteiger partial charge in [-0.25, -0.2) is 0 Å². The molecule has 0 N–H and O–H groups in total. The third kappa shape index (κ3) is 5.45. The number of rotatable bonds is 9. The van der Waals surface area contributed by atoms with Crippen LogP contribution in [-0.2, 0) is 4.74 Å². The van der Waals surface area contributed by atoms with Crippen LogP contribution < -0.4 is 0 Å². The third-order valence-corrected chi connectivity index (χ3v) is 6.03. The minimum Gasteiger partial charge on any atom is -0.379 e. The van der Waals surface area contributed by atoms with Gasteiger partial charge in [0.25, 0.3) is 0 Å². The molecule has 19 heavy (non-hydrogen) atoms. The van der Waals surface area contributed by atoms with Gasteiger partial charge in [0.1, 0.15) is 0 Å². The van der Waals surface area contributed by atoms with Crippen molar-refractivity contribution in [2.45, 2.75) is 74.8 Å². The van der Waals surface area contributed by atoms with E-state index >= 15 is 0 Å². The highest BCUT2D eigenvalue weighted by molar-refractivity contribution is 4.79. The summed E-state index contributed by atoms with van der Waals surface area (Å²) in [6.07, 6.45) is 1.66. The summed E-state index contributed by atoms with van der Waals surface area (Å²) in [6.45, 7) is 21.9. The number of hydrogen-bond acceptors (Lipinski definition) is 1. The Balaban J connectivity index is 4.57. The molecular formula is C18H38O. The molecule has 7 unspecified atom stereocenters. The van der Waals surface area contributed by atoms with Crippen LogP contribution in [0, 0.1) is 35.5 Å². The van der Waals surface area contributed by atoms with E-state index in [4.69, 9.17) is 4.74 Å². The predicted octanol–water partition coefficient (Wildman–Crippen LogP) is 5.64. The van der Waals surface area contributed by atoms with Crippen LogP contribution in [0.25, 0.3) is 0 Å². The fourth-order valence-corrected chi connectivity index (χ4v) is 3.17. The molecule has 0 saturated carbocycles. The van der Waals surface area contributed by atoms with E-state index in [-0.39, 0.29) is 0 Å². The van der Waals surface area contributed by atoms with E-state index in [1.54, 1.807) is 0 Å². The van der Waals surface area contributed by atoms with Crippen LogP contribution in [0.1, 0.15) is 68.7 Å². The Morgan fingerprint density at radius 2 is 1.05 bits per heavy atom. The lowest BCUT2D eigenvalue weighted by Crippen LogP contribution is -2.33. The summed E-state index contributed by atoms with van der Waals surface area (Å²) in [6, 6.07) is 0. The van der Waals surface area contributed by atoms with Crippen molar-refractivity contribution in [2.24, 2.45) is 35.5 Å². The summed E-state index contributed by atoms with van der Waals surface area (Å²) in [5, 5.41) is 0. The maximum Gasteiger partial charge on any atom is 0.0575 e. The summed E-state index contributed by atoms with van der Waals surface area (Å²) < 4.78 is 5.78. The molecular weight excluding hydrogens is 232 g/mol. The number of hydrogen-bond donors (Lipinski definition) is 0. The third-order valence-electron chi connectivity index (χ3n) is 6.03. The summed E-state index contributed by atoms with van der Waals surface area (Å²) in [7, 11) is 0. The van der Waals surface area contributed by atoms with Crippen molar-refractivity contribution in [3.63, 3.8) is 0 Å². The Morgan fingerprint density at radius 1 is 0.632 bits per heavy atom. The first-order valence-electron chi connectivity index (χ1n) is 8.39. The maximum absolute atomic E-state index is 5.78. The van der Waals surface area contributed by atoms with Gasteiger partial charge in [0.15, 0.2) is 0 Å². The molecule has 0 aromatic carbocycles. The van der Waals surface area contributed by atoms with Crippen molar-refractivity contribution < 1.29 is 4.74 Å². The Bertz CT molecular complexity index is 226. The van der Waals surface area contributed by atoms with Crippen LogP contribution in [0.5, 0.6) is 0 Å². The first-order chi connectivity index (χ1) is 8.77. The Hall–Kier alpha value is -0.0400. The lowest BCUT2D eigenvalue weighted by molar-refractivity contribution is 0.00194. The largest absolute Gasteiger partial charge is 0.379 e. The van der Waals surface area contributed by atoms with Crippen LogP contribution in [0.2, 0.25) is 0 Å². The second-order valence-electron chi connectivity index (χ2n) is 6.84. The minimum atomic E-state index is 0.369. The summed E-state index contributed by atoms with van der Waals surface area (Å²) in [5.74, 6) is 4.49. The molecule has 0 aromatic rings. The molecule has 0 aliphatic heterocycles. The van der Waals surface area contributed by atoms with Crippen molar-refractivity contribution in [2.75, 3.05) is 6.61 Å². The van der Waals surface area contributed by atoms with Crippen molar-refractivity contribution >= 4 is 0 Å². The van der Waals surface area contributed by atoms with E-state index in [0.29, 0.717) is 17.9 Å². The zero-order valence-electron chi connectivity index (χ0n) is 14.9. The summed E-state index contributed by atoms with van der Waals surface area (Å²) in [4.78, 5) is 0. The smallest absolute Gasteiger partial charge is 0.0575 e. The molecule has 0 radical (unpaired) electrons. The van der Waals surface area contributed by atoms with Gasteiger partial charge in [-0.2, -0.15) is 0 Å². The molecule has 0 aromatic heterocycles. The molecule has 0 fully saturated rings. The highest BCUT2D eigenvalue weighted by atomic mass is 16.5. The minimum absolute atomic E-state index is 0.369. The first-order valence-corrected chi connectivity index (χ1v) is 8.39. The van der Waals surface area contributed by atoms with Gasteiger partial charge in [-0.05, 0) is 49.4 Å². The lowest BCUT2D eigenvalue weighted by Gasteiger charge is -2.37. The van der Waals surface area contributed by atoms with Gasteiger partial charge in [0, 0.05) is 6.61 Å². The van der Waals surface area contributed by atoms with Crippen LogP contribution in [0.3, 0.4) is 0 Å². The molecule has 0 bridgehead atoms. The first kappa shape index (κ1) is 19.0. The molecule has 116 valence electrons. The lowest BCUT2D eigenvalue weighted by atomic mass is 9.70. The Morgan fingerprint density at radius 3 is 1.47 bits per heavy atom. The average molecular weight is 271 g/mol. The molecule has 0 spiro atoms. The van der Waals surface area contributed by atoms with Gasteiger partial charge in [0.05, 0.1) is 6.10 Å². The van der Waals surface area contributed by atoms with Crippen molar-refractivity contribution in [3.8, 4) is 0 Å². The van der Waals surface area contributed by atoms with Gasteiger partial charge in [0.2, 0.25) is 0 Å². The second-order valence-corrected chi connectivity index (χ2v) is 6.84. The highest BCUT2D eigenvalue weighted by Crippen LogP contribution is 2.36. The molecule has 0 aliphatic carbocycles. The van der Waals surface area contributed by atoms with Gasteiger partial charge in [-0.1, -0.05) is 54.9 Å². The van der Waals surface area contributed by atoms with Crippen LogP contribution in [0.4, 0.5) is 0 Å². The van der Waals surface area contributed by atoms with Gasteiger partial charge in [-0.15, -0.1) is 0 Å². The molecule has 0 saturated heterocycles. The predicted molar refractivity (Wildman–Crippen MR) is 86.4 cm³/mol. The summed E-state index contributed by atoms with van der Waals surface area (Å²) in [5.41, 5.74) is 0. The quantitative estimate of drug-likeness (QED) is 0.527. The molecule has 1 nitrogen and oxygen atoms in total. The van der Waals surface area contributed by atoms with E-state index < -0.39 is 0 Å². The fraction of sp³-hybridized carbons (Fsp3) is 1.00. The van der Waals surface area contributed by atoms with Crippen LogP contribution in [-0.4, -0.2) is 12.7 Å². The monoisotopic (exact) mass is 270 g/mol. The van der Waals surface area contributed by atoms with Gasteiger partial charge < -0.3 is 4.74 Å². The normalized spacial score (nSPS) is 23.2. The van der Waals surface area contributed by atoms with Gasteiger partial charge in [-0.3, -0.25) is 0 Å². The van der Waals surface area contributed by atoms with E-state index in [2.05, 4.69) is 62.3 Å².